The SMILES string of the molecule is CNC1CCCN(C(=O)CCc2cnn(-c3ccccc3)c2)C1. The van der Waals surface area contributed by atoms with E-state index in [1.54, 1.807) is 0 Å². The van der Waals surface area contributed by atoms with Gasteiger partial charge in [-0.05, 0) is 44.0 Å². The van der Waals surface area contributed by atoms with E-state index in [2.05, 4.69) is 10.4 Å². The molecule has 1 saturated heterocycles. The number of carbonyl (C=O) groups excluding carboxylic acids is 1. The highest BCUT2D eigenvalue weighted by Crippen LogP contribution is 2.13. The van der Waals surface area contributed by atoms with E-state index in [1.807, 2.05) is 59.4 Å². The first-order valence-corrected chi connectivity index (χ1v) is 8.30. The summed E-state index contributed by atoms with van der Waals surface area (Å²) in [6.07, 6.45) is 7.40. The van der Waals surface area contributed by atoms with Gasteiger partial charge >= 0.3 is 0 Å². The lowest BCUT2D eigenvalue weighted by molar-refractivity contribution is -0.132. The summed E-state index contributed by atoms with van der Waals surface area (Å²) in [5.74, 6) is 0.248. The Kier molecular flexibility index (Phi) is 5.08. The van der Waals surface area contributed by atoms with Gasteiger partial charge in [-0.1, -0.05) is 18.2 Å². The Morgan fingerprint density at radius 1 is 1.35 bits per heavy atom. The van der Waals surface area contributed by atoms with Crippen molar-refractivity contribution < 1.29 is 4.79 Å². The van der Waals surface area contributed by atoms with E-state index in [0.717, 1.165) is 43.6 Å². The lowest BCUT2D eigenvalue weighted by atomic mass is 10.0. The molecule has 5 heteroatoms. The minimum atomic E-state index is 0.248. The zero-order valence-corrected chi connectivity index (χ0v) is 13.6. The van der Waals surface area contributed by atoms with Gasteiger partial charge in [0.05, 0.1) is 11.9 Å². The molecule has 2 aromatic rings. The molecular weight excluding hydrogens is 288 g/mol. The molecule has 1 atom stereocenters. The van der Waals surface area contributed by atoms with Crippen molar-refractivity contribution in [2.45, 2.75) is 31.7 Å². The van der Waals surface area contributed by atoms with Crippen molar-refractivity contribution in [3.63, 3.8) is 0 Å². The van der Waals surface area contributed by atoms with Crippen LogP contribution in [0.25, 0.3) is 5.69 Å². The fourth-order valence-corrected chi connectivity index (χ4v) is 3.06. The van der Waals surface area contributed by atoms with E-state index in [-0.39, 0.29) is 5.91 Å². The number of hydrogen-bond acceptors (Lipinski definition) is 3. The van der Waals surface area contributed by atoms with E-state index in [1.165, 1.54) is 0 Å². The summed E-state index contributed by atoms with van der Waals surface area (Å²) in [4.78, 5) is 14.4. The molecule has 1 aromatic heterocycles. The highest BCUT2D eigenvalue weighted by molar-refractivity contribution is 5.76. The number of likely N-dealkylation sites (tertiary alicyclic amines) is 1. The third-order valence-electron chi connectivity index (χ3n) is 4.47. The summed E-state index contributed by atoms with van der Waals surface area (Å²) in [7, 11) is 1.97. The Hall–Kier alpha value is -2.14. The summed E-state index contributed by atoms with van der Waals surface area (Å²) in [5.41, 5.74) is 2.14. The zero-order valence-electron chi connectivity index (χ0n) is 13.6. The quantitative estimate of drug-likeness (QED) is 0.919. The van der Waals surface area contributed by atoms with Crippen LogP contribution in [0.2, 0.25) is 0 Å². The van der Waals surface area contributed by atoms with Gasteiger partial charge in [0.1, 0.15) is 0 Å². The highest BCUT2D eigenvalue weighted by Gasteiger charge is 2.22. The monoisotopic (exact) mass is 312 g/mol. The minimum Gasteiger partial charge on any atom is -0.341 e. The molecule has 5 nitrogen and oxygen atoms in total. The van der Waals surface area contributed by atoms with Gasteiger partial charge in [0, 0.05) is 31.7 Å². The zero-order chi connectivity index (χ0) is 16.1. The largest absolute Gasteiger partial charge is 0.341 e. The first-order valence-electron chi connectivity index (χ1n) is 8.30. The number of hydrogen-bond donors (Lipinski definition) is 1. The molecule has 1 unspecified atom stereocenters. The second kappa shape index (κ2) is 7.42. The van der Waals surface area contributed by atoms with Crippen LogP contribution < -0.4 is 5.32 Å². The van der Waals surface area contributed by atoms with Crippen LogP contribution in [-0.4, -0.2) is 46.8 Å². The van der Waals surface area contributed by atoms with Gasteiger partial charge in [-0.25, -0.2) is 4.68 Å². The van der Waals surface area contributed by atoms with Crippen molar-refractivity contribution in [1.29, 1.82) is 0 Å². The predicted octanol–water partition coefficient (Wildman–Crippen LogP) is 2.02. The average Bonchev–Trinajstić information content (AvgIpc) is 3.09. The van der Waals surface area contributed by atoms with Gasteiger partial charge in [-0.2, -0.15) is 5.10 Å². The molecule has 2 heterocycles. The minimum absolute atomic E-state index is 0.248. The van der Waals surface area contributed by atoms with Crippen LogP contribution in [-0.2, 0) is 11.2 Å². The fraction of sp³-hybridized carbons (Fsp3) is 0.444. The molecule has 0 aliphatic carbocycles. The first-order chi connectivity index (χ1) is 11.3. The van der Waals surface area contributed by atoms with Crippen LogP contribution in [0.3, 0.4) is 0 Å². The number of rotatable bonds is 5. The molecule has 1 aliphatic rings. The summed E-state index contributed by atoms with van der Waals surface area (Å²) in [5, 5.41) is 7.66. The molecule has 1 amide bonds. The maximum atomic E-state index is 12.4. The Labute approximate surface area is 137 Å². The molecule has 0 saturated carbocycles. The van der Waals surface area contributed by atoms with Crippen LogP contribution in [0.1, 0.15) is 24.8 Å². The third kappa shape index (κ3) is 3.99. The van der Waals surface area contributed by atoms with Crippen molar-refractivity contribution in [3.8, 4) is 5.69 Å². The number of para-hydroxylation sites is 1. The summed E-state index contributed by atoms with van der Waals surface area (Å²) in [6.45, 7) is 1.72. The van der Waals surface area contributed by atoms with Crippen LogP contribution in [0.15, 0.2) is 42.7 Å². The maximum absolute atomic E-state index is 12.4. The molecule has 1 aromatic carbocycles. The molecule has 0 radical (unpaired) electrons. The predicted molar refractivity (Wildman–Crippen MR) is 90.5 cm³/mol. The van der Waals surface area contributed by atoms with E-state index < -0.39 is 0 Å². The summed E-state index contributed by atoms with van der Waals surface area (Å²) >= 11 is 0. The lowest BCUT2D eigenvalue weighted by Gasteiger charge is -2.32. The molecule has 1 fully saturated rings. The number of piperidine rings is 1. The van der Waals surface area contributed by atoms with Crippen LogP contribution >= 0.6 is 0 Å². The van der Waals surface area contributed by atoms with Crippen molar-refractivity contribution in [1.82, 2.24) is 20.0 Å². The van der Waals surface area contributed by atoms with Crippen molar-refractivity contribution in [2.75, 3.05) is 20.1 Å². The topological polar surface area (TPSA) is 50.2 Å². The normalized spacial score (nSPS) is 18.1. The third-order valence-corrected chi connectivity index (χ3v) is 4.47. The number of aromatic nitrogens is 2. The van der Waals surface area contributed by atoms with E-state index in [9.17, 15) is 4.79 Å². The van der Waals surface area contributed by atoms with Gasteiger partial charge < -0.3 is 10.2 Å². The average molecular weight is 312 g/mol. The molecule has 0 spiro atoms. The standard InChI is InChI=1S/C18H24N4O/c1-19-16-6-5-11-21(14-16)18(23)10-9-15-12-20-22(13-15)17-7-3-2-4-8-17/h2-4,7-8,12-13,16,19H,5-6,9-11,14H2,1H3. The van der Waals surface area contributed by atoms with Gasteiger partial charge in [0.25, 0.3) is 0 Å². The number of benzene rings is 1. The van der Waals surface area contributed by atoms with Gasteiger partial charge in [0.2, 0.25) is 5.91 Å². The molecule has 3 rings (SSSR count). The van der Waals surface area contributed by atoms with Crippen molar-refractivity contribution >= 4 is 5.91 Å². The number of nitrogens with one attached hydrogen (secondary N) is 1. The maximum Gasteiger partial charge on any atom is 0.222 e. The van der Waals surface area contributed by atoms with E-state index >= 15 is 0 Å². The smallest absolute Gasteiger partial charge is 0.222 e. The first kappa shape index (κ1) is 15.7. The molecule has 23 heavy (non-hydrogen) atoms. The second-order valence-electron chi connectivity index (χ2n) is 6.10. The van der Waals surface area contributed by atoms with Gasteiger partial charge in [-0.15, -0.1) is 0 Å². The number of amides is 1. The van der Waals surface area contributed by atoms with E-state index in [0.29, 0.717) is 12.5 Å². The van der Waals surface area contributed by atoms with Crippen molar-refractivity contribution in [2.24, 2.45) is 0 Å². The number of aryl methyl sites for hydroxylation is 1. The van der Waals surface area contributed by atoms with Crippen LogP contribution in [0, 0.1) is 0 Å². The fourth-order valence-electron chi connectivity index (χ4n) is 3.06. The Morgan fingerprint density at radius 2 is 2.17 bits per heavy atom. The Bertz CT molecular complexity index is 637. The van der Waals surface area contributed by atoms with E-state index in [4.69, 9.17) is 0 Å². The molecule has 1 N–H and O–H groups in total. The Morgan fingerprint density at radius 3 is 2.96 bits per heavy atom. The van der Waals surface area contributed by atoms with Crippen LogP contribution in [0.5, 0.6) is 0 Å². The summed E-state index contributed by atoms with van der Waals surface area (Å²) in [6, 6.07) is 10.5. The molecule has 0 bridgehead atoms. The molecule has 122 valence electrons. The lowest BCUT2D eigenvalue weighted by Crippen LogP contribution is -2.47. The van der Waals surface area contributed by atoms with Gasteiger partial charge in [-0.3, -0.25) is 4.79 Å². The van der Waals surface area contributed by atoms with Gasteiger partial charge in [0.15, 0.2) is 0 Å². The molecular formula is C18H24N4O. The second-order valence-corrected chi connectivity index (χ2v) is 6.10. The number of likely N-dealkylation sites (N-methyl/N-ethyl adjacent to an activating group) is 1. The summed E-state index contributed by atoms with van der Waals surface area (Å²) < 4.78 is 1.86. The number of carbonyl (C=O) groups is 1. The Balaban J connectivity index is 1.54. The molecule has 1 aliphatic heterocycles. The van der Waals surface area contributed by atoms with Crippen molar-refractivity contribution in [3.05, 3.63) is 48.3 Å². The number of nitrogens with zero attached hydrogens (tertiary/aromatic N) is 3. The highest BCUT2D eigenvalue weighted by atomic mass is 16.2. The van der Waals surface area contributed by atoms with Crippen LogP contribution in [0.4, 0.5) is 0 Å².